The lowest BCUT2D eigenvalue weighted by Gasteiger charge is -2.15. The number of nitrogens with two attached hydrogens (primary N) is 1. The number of anilines is 2. The number of nitrogen functional groups attached to an aromatic ring is 1. The van der Waals surface area contributed by atoms with Crippen molar-refractivity contribution < 1.29 is 8.42 Å². The molecule has 0 aromatic heterocycles. The molecule has 0 radical (unpaired) electrons. The molecule has 0 spiro atoms. The first kappa shape index (κ1) is 14.1. The molecule has 106 valence electrons. The molecule has 19 heavy (non-hydrogen) atoms. The van der Waals surface area contributed by atoms with Gasteiger partial charge in [0.2, 0.25) is 10.0 Å². The molecule has 1 unspecified atom stereocenters. The van der Waals surface area contributed by atoms with Gasteiger partial charge in [-0.1, -0.05) is 0 Å². The summed E-state index contributed by atoms with van der Waals surface area (Å²) >= 11 is 0. The minimum absolute atomic E-state index is 0.115. The largest absolute Gasteiger partial charge is 0.398 e. The van der Waals surface area contributed by atoms with Gasteiger partial charge < -0.3 is 16.0 Å². The molecule has 4 N–H and O–H groups in total. The molecule has 6 nitrogen and oxygen atoms in total. The summed E-state index contributed by atoms with van der Waals surface area (Å²) in [6.07, 6.45) is 1.08. The van der Waals surface area contributed by atoms with E-state index < -0.39 is 10.0 Å². The maximum Gasteiger partial charge on any atom is 0.242 e. The average Bonchev–Trinajstić information content (AvgIpc) is 2.74. The summed E-state index contributed by atoms with van der Waals surface area (Å²) in [6.45, 7) is 2.05. The standard InChI is InChI=1S/C12H20N4O2S/c1-14-19(17,18)12-4-3-9(7-11(12)13)15-10-5-6-16(2)8-10/h3-4,7,10,14-15H,5-6,8,13H2,1-2H3. The van der Waals surface area contributed by atoms with Crippen molar-refractivity contribution in [3.8, 4) is 0 Å². The van der Waals surface area contributed by atoms with Crippen molar-refractivity contribution in [3.05, 3.63) is 18.2 Å². The molecule has 1 saturated heterocycles. The van der Waals surface area contributed by atoms with Crippen molar-refractivity contribution in [3.63, 3.8) is 0 Å². The van der Waals surface area contributed by atoms with E-state index in [0.717, 1.165) is 25.2 Å². The SMILES string of the molecule is CNS(=O)(=O)c1ccc(NC2CCN(C)C2)cc1N. The minimum atomic E-state index is -3.49. The molecule has 1 heterocycles. The fourth-order valence-corrected chi connectivity index (χ4v) is 3.12. The van der Waals surface area contributed by atoms with E-state index in [9.17, 15) is 8.42 Å². The van der Waals surface area contributed by atoms with Crippen LogP contribution in [0.15, 0.2) is 23.1 Å². The smallest absolute Gasteiger partial charge is 0.242 e. The Balaban J connectivity index is 2.15. The van der Waals surface area contributed by atoms with Gasteiger partial charge in [0.15, 0.2) is 0 Å². The summed E-state index contributed by atoms with van der Waals surface area (Å²) < 4.78 is 25.7. The third kappa shape index (κ3) is 3.17. The van der Waals surface area contributed by atoms with Gasteiger partial charge >= 0.3 is 0 Å². The van der Waals surface area contributed by atoms with Crippen molar-refractivity contribution in [2.24, 2.45) is 0 Å². The molecule has 0 saturated carbocycles. The van der Waals surface area contributed by atoms with Gasteiger partial charge in [-0.05, 0) is 45.3 Å². The number of likely N-dealkylation sites (N-methyl/N-ethyl adjacent to an activating group) is 1. The molecule has 1 aliphatic heterocycles. The van der Waals surface area contributed by atoms with Crippen molar-refractivity contribution in [2.45, 2.75) is 17.4 Å². The quantitative estimate of drug-likeness (QED) is 0.692. The van der Waals surface area contributed by atoms with Gasteiger partial charge in [0.1, 0.15) is 4.90 Å². The second kappa shape index (κ2) is 5.36. The van der Waals surface area contributed by atoms with Gasteiger partial charge in [-0.15, -0.1) is 0 Å². The monoisotopic (exact) mass is 284 g/mol. The number of sulfonamides is 1. The first-order valence-electron chi connectivity index (χ1n) is 6.20. The van der Waals surface area contributed by atoms with E-state index in [1.54, 1.807) is 12.1 Å². The summed E-state index contributed by atoms with van der Waals surface area (Å²) in [5.74, 6) is 0. The zero-order valence-corrected chi connectivity index (χ0v) is 12.0. The van der Waals surface area contributed by atoms with E-state index in [1.807, 2.05) is 0 Å². The predicted octanol–water partition coefficient (Wildman–Crippen LogP) is 0.293. The highest BCUT2D eigenvalue weighted by Gasteiger charge is 2.20. The first-order chi connectivity index (χ1) is 8.92. The fourth-order valence-electron chi connectivity index (χ4n) is 2.28. The Morgan fingerprint density at radius 1 is 1.42 bits per heavy atom. The van der Waals surface area contributed by atoms with Gasteiger partial charge in [-0.25, -0.2) is 13.1 Å². The van der Waals surface area contributed by atoms with Crippen molar-refractivity contribution in [1.82, 2.24) is 9.62 Å². The van der Waals surface area contributed by atoms with Crippen LogP contribution in [-0.4, -0.2) is 46.5 Å². The van der Waals surface area contributed by atoms with Crippen LogP contribution >= 0.6 is 0 Å². The van der Waals surface area contributed by atoms with Crippen LogP contribution in [0.2, 0.25) is 0 Å². The van der Waals surface area contributed by atoms with Crippen LogP contribution in [0.1, 0.15) is 6.42 Å². The molecular formula is C12H20N4O2S. The summed E-state index contributed by atoms with van der Waals surface area (Å²) in [4.78, 5) is 2.37. The first-order valence-corrected chi connectivity index (χ1v) is 7.69. The van der Waals surface area contributed by atoms with Crippen LogP contribution in [0, 0.1) is 0 Å². The van der Waals surface area contributed by atoms with Gasteiger partial charge in [0.25, 0.3) is 0 Å². The number of hydrogen-bond donors (Lipinski definition) is 3. The maximum absolute atomic E-state index is 11.7. The van der Waals surface area contributed by atoms with Crippen molar-refractivity contribution in [2.75, 3.05) is 38.2 Å². The zero-order chi connectivity index (χ0) is 14.0. The Labute approximate surface area is 114 Å². The van der Waals surface area contributed by atoms with Gasteiger partial charge in [-0.3, -0.25) is 0 Å². The van der Waals surface area contributed by atoms with Crippen molar-refractivity contribution >= 4 is 21.4 Å². The summed E-state index contributed by atoms with van der Waals surface area (Å²) in [6, 6.07) is 5.33. The van der Waals surface area contributed by atoms with Crippen LogP contribution in [-0.2, 0) is 10.0 Å². The van der Waals surface area contributed by atoms with E-state index >= 15 is 0 Å². The maximum atomic E-state index is 11.7. The van der Waals surface area contributed by atoms with Crippen LogP contribution < -0.4 is 15.8 Å². The Morgan fingerprint density at radius 2 is 2.16 bits per heavy atom. The van der Waals surface area contributed by atoms with Crippen molar-refractivity contribution in [1.29, 1.82) is 0 Å². The van der Waals surface area contributed by atoms with Gasteiger partial charge in [-0.2, -0.15) is 0 Å². The predicted molar refractivity (Wildman–Crippen MR) is 76.6 cm³/mol. The van der Waals surface area contributed by atoms with E-state index in [4.69, 9.17) is 5.73 Å². The van der Waals surface area contributed by atoms with Crippen LogP contribution in [0.3, 0.4) is 0 Å². The molecule has 1 fully saturated rings. The van der Waals surface area contributed by atoms with Crippen LogP contribution in [0.4, 0.5) is 11.4 Å². The van der Waals surface area contributed by atoms with E-state index in [1.165, 1.54) is 13.1 Å². The molecule has 2 rings (SSSR count). The molecular weight excluding hydrogens is 264 g/mol. The van der Waals surface area contributed by atoms with E-state index in [2.05, 4.69) is 22.0 Å². The Kier molecular flexibility index (Phi) is 3.98. The number of nitrogens with zero attached hydrogens (tertiary/aromatic N) is 1. The summed E-state index contributed by atoms with van der Waals surface area (Å²) in [7, 11) is -0.0403. The Hall–Kier alpha value is -1.31. The summed E-state index contributed by atoms with van der Waals surface area (Å²) in [5, 5.41) is 3.37. The lowest BCUT2D eigenvalue weighted by Crippen LogP contribution is -2.24. The molecule has 0 amide bonds. The topological polar surface area (TPSA) is 87.5 Å². The fraction of sp³-hybridized carbons (Fsp3) is 0.500. The summed E-state index contributed by atoms with van der Waals surface area (Å²) in [5.41, 5.74) is 6.92. The Morgan fingerprint density at radius 3 is 2.68 bits per heavy atom. The number of nitrogens with one attached hydrogen (secondary N) is 2. The zero-order valence-electron chi connectivity index (χ0n) is 11.2. The number of likely N-dealkylation sites (tertiary alicyclic amines) is 1. The molecule has 1 aromatic carbocycles. The normalized spacial score (nSPS) is 20.6. The van der Waals surface area contributed by atoms with Crippen LogP contribution in [0.5, 0.6) is 0 Å². The Bertz CT molecular complexity index is 559. The third-order valence-corrected chi connectivity index (χ3v) is 4.82. The van der Waals surface area contributed by atoms with E-state index in [0.29, 0.717) is 6.04 Å². The highest BCUT2D eigenvalue weighted by Crippen LogP contribution is 2.23. The third-order valence-electron chi connectivity index (χ3n) is 3.33. The average molecular weight is 284 g/mol. The van der Waals surface area contributed by atoms with Gasteiger partial charge in [0.05, 0.1) is 5.69 Å². The number of benzene rings is 1. The van der Waals surface area contributed by atoms with E-state index in [-0.39, 0.29) is 10.6 Å². The molecule has 1 aromatic rings. The number of rotatable bonds is 4. The second-order valence-corrected chi connectivity index (χ2v) is 6.71. The molecule has 0 aliphatic carbocycles. The van der Waals surface area contributed by atoms with Gasteiger partial charge in [0, 0.05) is 18.3 Å². The second-order valence-electron chi connectivity index (χ2n) is 4.85. The highest BCUT2D eigenvalue weighted by atomic mass is 32.2. The lowest BCUT2D eigenvalue weighted by atomic mass is 10.2. The lowest BCUT2D eigenvalue weighted by molar-refractivity contribution is 0.414. The highest BCUT2D eigenvalue weighted by molar-refractivity contribution is 7.89. The molecule has 0 bridgehead atoms. The molecule has 7 heteroatoms. The van der Waals surface area contributed by atoms with Crippen LogP contribution in [0.25, 0.3) is 0 Å². The minimum Gasteiger partial charge on any atom is -0.398 e. The number of hydrogen-bond acceptors (Lipinski definition) is 5. The molecule has 1 atom stereocenters. The molecule has 1 aliphatic rings.